The first-order valence-electron chi connectivity index (χ1n) is 6.97. The second-order valence-corrected chi connectivity index (χ2v) is 5.12. The van der Waals surface area contributed by atoms with E-state index in [0.717, 1.165) is 25.6 Å². The molecule has 2 aromatic rings. The molecule has 1 aromatic carbocycles. The normalized spacial score (nSPS) is 10.8. The number of rotatable bonds is 7. The van der Waals surface area contributed by atoms with Crippen LogP contribution in [0, 0.1) is 11.6 Å². The molecule has 2 N–H and O–H groups in total. The molecule has 1 heterocycles. The van der Waals surface area contributed by atoms with Crippen LogP contribution in [0.15, 0.2) is 30.6 Å². The molecule has 0 aliphatic carbocycles. The highest BCUT2D eigenvalue weighted by atomic mass is 19.1. The Morgan fingerprint density at radius 3 is 2.59 bits per heavy atom. The zero-order valence-corrected chi connectivity index (χ0v) is 12.6. The first-order chi connectivity index (χ1) is 10.5. The monoisotopic (exact) mass is 307 g/mol. The van der Waals surface area contributed by atoms with Crippen molar-refractivity contribution in [2.75, 3.05) is 37.8 Å². The van der Waals surface area contributed by atoms with E-state index in [-0.39, 0.29) is 5.69 Å². The third-order valence-corrected chi connectivity index (χ3v) is 2.95. The van der Waals surface area contributed by atoms with Gasteiger partial charge in [0.15, 0.2) is 0 Å². The highest BCUT2D eigenvalue weighted by Crippen LogP contribution is 2.20. The lowest BCUT2D eigenvalue weighted by Crippen LogP contribution is -2.16. The summed E-state index contributed by atoms with van der Waals surface area (Å²) < 4.78 is 26.5. The van der Waals surface area contributed by atoms with E-state index in [2.05, 4.69) is 25.5 Å². The van der Waals surface area contributed by atoms with E-state index in [4.69, 9.17) is 0 Å². The molecule has 1 aromatic heterocycles. The van der Waals surface area contributed by atoms with Crippen molar-refractivity contribution in [1.29, 1.82) is 0 Å². The van der Waals surface area contributed by atoms with Crippen molar-refractivity contribution >= 4 is 17.3 Å². The van der Waals surface area contributed by atoms with Gasteiger partial charge in [-0.1, -0.05) is 0 Å². The lowest BCUT2D eigenvalue weighted by atomic mass is 10.3. The van der Waals surface area contributed by atoms with Crippen LogP contribution in [0.5, 0.6) is 0 Å². The van der Waals surface area contributed by atoms with E-state index >= 15 is 0 Å². The predicted octanol–water partition coefficient (Wildman–Crippen LogP) is 2.86. The first kappa shape index (κ1) is 16.1. The van der Waals surface area contributed by atoms with Gasteiger partial charge in [-0.25, -0.2) is 18.7 Å². The van der Waals surface area contributed by atoms with Gasteiger partial charge in [0, 0.05) is 18.7 Å². The summed E-state index contributed by atoms with van der Waals surface area (Å²) in [5.41, 5.74) is 0.165. The molecule has 0 bridgehead atoms. The molecule has 0 radical (unpaired) electrons. The Labute approximate surface area is 128 Å². The topological polar surface area (TPSA) is 53.1 Å². The second kappa shape index (κ2) is 7.65. The molecule has 0 unspecified atom stereocenters. The lowest BCUT2D eigenvalue weighted by molar-refractivity contribution is 0.405. The number of hydrogen-bond acceptors (Lipinski definition) is 5. The van der Waals surface area contributed by atoms with Gasteiger partial charge in [0.25, 0.3) is 0 Å². The highest BCUT2D eigenvalue weighted by molar-refractivity contribution is 5.59. The third-order valence-electron chi connectivity index (χ3n) is 2.95. The quantitative estimate of drug-likeness (QED) is 0.770. The van der Waals surface area contributed by atoms with Crippen molar-refractivity contribution in [3.05, 3.63) is 42.2 Å². The zero-order chi connectivity index (χ0) is 15.9. The van der Waals surface area contributed by atoms with Gasteiger partial charge in [0.2, 0.25) is 0 Å². The molecule has 118 valence electrons. The number of aromatic nitrogens is 2. The maximum absolute atomic E-state index is 13.6. The highest BCUT2D eigenvalue weighted by Gasteiger charge is 2.05. The number of nitrogens with one attached hydrogen (secondary N) is 2. The van der Waals surface area contributed by atoms with Crippen LogP contribution in [0.1, 0.15) is 6.42 Å². The third kappa shape index (κ3) is 4.92. The Bertz CT molecular complexity index is 619. The lowest BCUT2D eigenvalue weighted by Gasteiger charge is -2.11. The molecule has 0 aliphatic heterocycles. The first-order valence-corrected chi connectivity index (χ1v) is 6.97. The van der Waals surface area contributed by atoms with Gasteiger partial charge in [-0.3, -0.25) is 0 Å². The summed E-state index contributed by atoms with van der Waals surface area (Å²) in [6, 6.07) is 5.02. The zero-order valence-electron chi connectivity index (χ0n) is 12.6. The molecule has 5 nitrogen and oxygen atoms in total. The Hall–Kier alpha value is -2.28. The van der Waals surface area contributed by atoms with Crippen molar-refractivity contribution in [3.8, 4) is 0 Å². The van der Waals surface area contributed by atoms with Gasteiger partial charge in [0.05, 0.1) is 5.69 Å². The number of halogens is 2. The molecule has 0 amide bonds. The number of hydrogen-bond donors (Lipinski definition) is 2. The van der Waals surface area contributed by atoms with Crippen molar-refractivity contribution in [2.24, 2.45) is 0 Å². The van der Waals surface area contributed by atoms with Crippen LogP contribution in [0.2, 0.25) is 0 Å². The van der Waals surface area contributed by atoms with Gasteiger partial charge in [-0.15, -0.1) is 0 Å². The number of benzene rings is 1. The number of nitrogens with zero attached hydrogens (tertiary/aromatic N) is 3. The van der Waals surface area contributed by atoms with Gasteiger partial charge < -0.3 is 15.5 Å². The summed E-state index contributed by atoms with van der Waals surface area (Å²) in [5.74, 6) is -0.192. The molecule has 22 heavy (non-hydrogen) atoms. The smallest absolute Gasteiger partial charge is 0.149 e. The summed E-state index contributed by atoms with van der Waals surface area (Å²) in [4.78, 5) is 10.2. The molecule has 0 aliphatic rings. The van der Waals surface area contributed by atoms with E-state index in [1.165, 1.54) is 18.5 Å². The van der Waals surface area contributed by atoms with E-state index in [1.54, 1.807) is 6.07 Å². The van der Waals surface area contributed by atoms with E-state index in [9.17, 15) is 8.78 Å². The second-order valence-electron chi connectivity index (χ2n) is 5.12. The standard InChI is InChI=1S/C15H19F2N5/c1-22(2)7-3-6-18-14-9-15(20-10-19-14)21-13-5-4-11(16)8-12(13)17/h4-5,8-10H,3,6-7H2,1-2H3,(H2,18,19,20,21). The summed E-state index contributed by atoms with van der Waals surface area (Å²) in [6.07, 6.45) is 2.37. The molecule has 0 spiro atoms. The summed E-state index contributed by atoms with van der Waals surface area (Å²) >= 11 is 0. The van der Waals surface area contributed by atoms with Crippen molar-refractivity contribution in [3.63, 3.8) is 0 Å². The fourth-order valence-electron chi connectivity index (χ4n) is 1.86. The van der Waals surface area contributed by atoms with Crippen LogP contribution in [0.3, 0.4) is 0 Å². The molecule has 0 atom stereocenters. The van der Waals surface area contributed by atoms with E-state index < -0.39 is 11.6 Å². The van der Waals surface area contributed by atoms with E-state index in [1.807, 2.05) is 14.1 Å². The van der Waals surface area contributed by atoms with Crippen molar-refractivity contribution < 1.29 is 8.78 Å². The average Bonchev–Trinajstić information content (AvgIpc) is 2.47. The maximum Gasteiger partial charge on any atom is 0.149 e. The van der Waals surface area contributed by atoms with Crippen molar-refractivity contribution in [1.82, 2.24) is 14.9 Å². The molecule has 0 saturated carbocycles. The van der Waals surface area contributed by atoms with Crippen LogP contribution < -0.4 is 10.6 Å². The maximum atomic E-state index is 13.6. The minimum absolute atomic E-state index is 0.165. The van der Waals surface area contributed by atoms with Crippen LogP contribution >= 0.6 is 0 Å². The fraction of sp³-hybridized carbons (Fsp3) is 0.333. The minimum Gasteiger partial charge on any atom is -0.370 e. The summed E-state index contributed by atoms with van der Waals surface area (Å²) in [7, 11) is 4.04. The minimum atomic E-state index is -0.667. The van der Waals surface area contributed by atoms with Gasteiger partial charge in [0.1, 0.15) is 29.6 Å². The average molecular weight is 307 g/mol. The summed E-state index contributed by atoms with van der Waals surface area (Å²) in [6.45, 7) is 1.75. The van der Waals surface area contributed by atoms with Crippen LogP contribution in [0.4, 0.5) is 26.1 Å². The molecule has 7 heteroatoms. The molecular weight excluding hydrogens is 288 g/mol. The van der Waals surface area contributed by atoms with Crippen LogP contribution in [-0.2, 0) is 0 Å². The van der Waals surface area contributed by atoms with Gasteiger partial charge in [-0.05, 0) is 39.2 Å². The van der Waals surface area contributed by atoms with Gasteiger partial charge in [-0.2, -0.15) is 0 Å². The Balaban J connectivity index is 1.96. The van der Waals surface area contributed by atoms with Gasteiger partial charge >= 0.3 is 0 Å². The predicted molar refractivity (Wildman–Crippen MR) is 83.3 cm³/mol. The number of anilines is 3. The molecule has 0 saturated heterocycles. The Morgan fingerprint density at radius 1 is 1.09 bits per heavy atom. The summed E-state index contributed by atoms with van der Waals surface area (Å²) in [5, 5.41) is 5.99. The molecular formula is C15H19F2N5. The van der Waals surface area contributed by atoms with Crippen LogP contribution in [0.25, 0.3) is 0 Å². The van der Waals surface area contributed by atoms with Crippen molar-refractivity contribution in [2.45, 2.75) is 6.42 Å². The molecule has 0 fully saturated rings. The Morgan fingerprint density at radius 2 is 1.86 bits per heavy atom. The largest absolute Gasteiger partial charge is 0.370 e. The Kier molecular flexibility index (Phi) is 5.60. The molecule has 2 rings (SSSR count). The SMILES string of the molecule is CN(C)CCCNc1cc(Nc2ccc(F)cc2F)ncn1. The fourth-order valence-corrected chi connectivity index (χ4v) is 1.86. The van der Waals surface area contributed by atoms with Crippen LogP contribution in [-0.4, -0.2) is 42.1 Å². The van der Waals surface area contributed by atoms with E-state index in [0.29, 0.717) is 11.6 Å².